The van der Waals surface area contributed by atoms with E-state index >= 15 is 0 Å². The first kappa shape index (κ1) is 12.0. The maximum atomic E-state index is 11.5. The van der Waals surface area contributed by atoms with Gasteiger partial charge in [-0.05, 0) is 18.8 Å². The van der Waals surface area contributed by atoms with E-state index in [1.54, 1.807) is 0 Å². The molecular formula is C11H19NO3. The summed E-state index contributed by atoms with van der Waals surface area (Å²) >= 11 is 0. The van der Waals surface area contributed by atoms with E-state index in [0.717, 1.165) is 25.7 Å². The van der Waals surface area contributed by atoms with Crippen molar-refractivity contribution in [2.24, 2.45) is 11.8 Å². The lowest BCUT2D eigenvalue weighted by Crippen LogP contribution is -2.36. The number of hydrogen-bond acceptors (Lipinski definition) is 3. The van der Waals surface area contributed by atoms with Crippen molar-refractivity contribution < 1.29 is 14.3 Å². The molecule has 0 heterocycles. The van der Waals surface area contributed by atoms with Crippen LogP contribution in [-0.4, -0.2) is 25.5 Å². The topological polar surface area (TPSA) is 55.4 Å². The van der Waals surface area contributed by atoms with Crippen molar-refractivity contribution in [3.63, 3.8) is 0 Å². The monoisotopic (exact) mass is 213 g/mol. The Morgan fingerprint density at radius 1 is 1.33 bits per heavy atom. The zero-order chi connectivity index (χ0) is 11.3. The molecule has 86 valence electrons. The van der Waals surface area contributed by atoms with Crippen LogP contribution in [0.15, 0.2) is 0 Å². The van der Waals surface area contributed by atoms with Crippen LogP contribution in [0.2, 0.25) is 0 Å². The minimum Gasteiger partial charge on any atom is -0.469 e. The molecule has 0 radical (unpaired) electrons. The van der Waals surface area contributed by atoms with Crippen LogP contribution in [0.25, 0.3) is 0 Å². The van der Waals surface area contributed by atoms with Gasteiger partial charge in [-0.1, -0.05) is 12.8 Å². The summed E-state index contributed by atoms with van der Waals surface area (Å²) in [6, 6.07) is 0. The summed E-state index contributed by atoms with van der Waals surface area (Å²) in [4.78, 5) is 22.3. The van der Waals surface area contributed by atoms with E-state index in [4.69, 9.17) is 4.74 Å². The zero-order valence-corrected chi connectivity index (χ0v) is 9.41. The first-order valence-electron chi connectivity index (χ1n) is 5.47. The Bertz CT molecular complexity index is 240. The third-order valence-electron chi connectivity index (χ3n) is 3.03. The molecule has 1 aliphatic carbocycles. The van der Waals surface area contributed by atoms with Gasteiger partial charge in [0.2, 0.25) is 5.91 Å². The smallest absolute Gasteiger partial charge is 0.309 e. The molecule has 0 aromatic heterocycles. The summed E-state index contributed by atoms with van der Waals surface area (Å²) < 4.78 is 4.78. The Morgan fingerprint density at radius 3 is 2.60 bits per heavy atom. The van der Waals surface area contributed by atoms with Crippen molar-refractivity contribution in [2.45, 2.75) is 32.6 Å². The average molecular weight is 213 g/mol. The molecular weight excluding hydrogens is 194 g/mol. The van der Waals surface area contributed by atoms with Crippen LogP contribution in [0.4, 0.5) is 0 Å². The number of amides is 1. The fourth-order valence-electron chi connectivity index (χ4n) is 2.19. The highest BCUT2D eigenvalue weighted by Crippen LogP contribution is 2.30. The van der Waals surface area contributed by atoms with Gasteiger partial charge in [-0.15, -0.1) is 0 Å². The van der Waals surface area contributed by atoms with Crippen LogP contribution < -0.4 is 5.32 Å². The van der Waals surface area contributed by atoms with Gasteiger partial charge < -0.3 is 10.1 Å². The van der Waals surface area contributed by atoms with E-state index in [9.17, 15) is 9.59 Å². The van der Waals surface area contributed by atoms with E-state index < -0.39 is 0 Å². The molecule has 0 aliphatic heterocycles. The molecule has 0 bridgehead atoms. The highest BCUT2D eigenvalue weighted by molar-refractivity contribution is 5.74. The Kier molecular flexibility index (Phi) is 4.59. The van der Waals surface area contributed by atoms with Crippen LogP contribution in [0.1, 0.15) is 32.6 Å². The van der Waals surface area contributed by atoms with E-state index in [1.807, 2.05) is 0 Å². The van der Waals surface area contributed by atoms with Crippen LogP contribution in [0.5, 0.6) is 0 Å². The standard InChI is InChI=1S/C11H19NO3/c1-8(13)12-7-9-5-3-4-6-10(9)11(14)15-2/h9-10H,3-7H2,1-2H3,(H,12,13). The minimum absolute atomic E-state index is 0.0319. The predicted molar refractivity (Wildman–Crippen MR) is 56.1 cm³/mol. The molecule has 2 atom stereocenters. The number of ether oxygens (including phenoxy) is 1. The molecule has 1 fully saturated rings. The van der Waals surface area contributed by atoms with Crippen LogP contribution in [-0.2, 0) is 14.3 Å². The van der Waals surface area contributed by atoms with Crippen molar-refractivity contribution >= 4 is 11.9 Å². The van der Waals surface area contributed by atoms with Gasteiger partial charge in [0.05, 0.1) is 13.0 Å². The molecule has 4 nitrogen and oxygen atoms in total. The number of carbonyl (C=O) groups is 2. The lowest BCUT2D eigenvalue weighted by Gasteiger charge is -2.29. The van der Waals surface area contributed by atoms with Gasteiger partial charge in [-0.2, -0.15) is 0 Å². The minimum atomic E-state index is -0.134. The Morgan fingerprint density at radius 2 is 2.00 bits per heavy atom. The van der Waals surface area contributed by atoms with E-state index in [-0.39, 0.29) is 23.7 Å². The largest absolute Gasteiger partial charge is 0.469 e. The lowest BCUT2D eigenvalue weighted by molar-refractivity contribution is -0.148. The first-order valence-corrected chi connectivity index (χ1v) is 5.47. The molecule has 1 aliphatic rings. The second kappa shape index (κ2) is 5.73. The predicted octanol–water partition coefficient (Wildman–Crippen LogP) is 1.10. The van der Waals surface area contributed by atoms with Gasteiger partial charge in [0.25, 0.3) is 0 Å². The summed E-state index contributed by atoms with van der Waals surface area (Å²) in [5.74, 6) is 0.0416. The molecule has 1 N–H and O–H groups in total. The van der Waals surface area contributed by atoms with E-state index in [1.165, 1.54) is 14.0 Å². The number of rotatable bonds is 3. The second-order valence-electron chi connectivity index (χ2n) is 4.11. The Balaban J connectivity index is 2.49. The number of methoxy groups -OCH3 is 1. The first-order chi connectivity index (χ1) is 7.15. The number of nitrogens with one attached hydrogen (secondary N) is 1. The molecule has 4 heteroatoms. The van der Waals surface area contributed by atoms with Crippen LogP contribution >= 0.6 is 0 Å². The fraction of sp³-hybridized carbons (Fsp3) is 0.818. The van der Waals surface area contributed by atoms with Crippen molar-refractivity contribution in [3.8, 4) is 0 Å². The van der Waals surface area contributed by atoms with Crippen molar-refractivity contribution in [1.82, 2.24) is 5.32 Å². The second-order valence-corrected chi connectivity index (χ2v) is 4.11. The zero-order valence-electron chi connectivity index (χ0n) is 9.41. The van der Waals surface area contributed by atoms with E-state index in [2.05, 4.69) is 5.32 Å². The van der Waals surface area contributed by atoms with Crippen molar-refractivity contribution in [1.29, 1.82) is 0 Å². The highest BCUT2D eigenvalue weighted by atomic mass is 16.5. The highest BCUT2D eigenvalue weighted by Gasteiger charge is 2.31. The number of hydrogen-bond donors (Lipinski definition) is 1. The average Bonchev–Trinajstić information content (AvgIpc) is 2.25. The van der Waals surface area contributed by atoms with Gasteiger partial charge in [0.1, 0.15) is 0 Å². The summed E-state index contributed by atoms with van der Waals surface area (Å²) in [6.07, 6.45) is 4.10. The molecule has 1 saturated carbocycles. The number of carbonyl (C=O) groups excluding carboxylic acids is 2. The molecule has 2 unspecified atom stereocenters. The van der Waals surface area contributed by atoms with Crippen molar-refractivity contribution in [2.75, 3.05) is 13.7 Å². The molecule has 1 rings (SSSR count). The van der Waals surface area contributed by atoms with Gasteiger partial charge in [-0.25, -0.2) is 0 Å². The maximum absolute atomic E-state index is 11.5. The summed E-state index contributed by atoms with van der Waals surface area (Å²) in [6.45, 7) is 2.09. The Labute approximate surface area is 90.4 Å². The third kappa shape index (κ3) is 3.53. The normalized spacial score (nSPS) is 25.7. The van der Waals surface area contributed by atoms with Gasteiger partial charge in [0.15, 0.2) is 0 Å². The molecule has 0 saturated heterocycles. The fourth-order valence-corrected chi connectivity index (χ4v) is 2.19. The lowest BCUT2D eigenvalue weighted by atomic mass is 9.79. The van der Waals surface area contributed by atoms with E-state index in [0.29, 0.717) is 6.54 Å². The molecule has 1 amide bonds. The maximum Gasteiger partial charge on any atom is 0.309 e. The van der Waals surface area contributed by atoms with Gasteiger partial charge in [-0.3, -0.25) is 9.59 Å². The summed E-state index contributed by atoms with van der Waals surface area (Å²) in [7, 11) is 1.42. The molecule has 15 heavy (non-hydrogen) atoms. The molecule has 0 aromatic carbocycles. The summed E-state index contributed by atoms with van der Waals surface area (Å²) in [5.41, 5.74) is 0. The van der Waals surface area contributed by atoms with Crippen LogP contribution in [0, 0.1) is 11.8 Å². The van der Waals surface area contributed by atoms with Crippen molar-refractivity contribution in [3.05, 3.63) is 0 Å². The van der Waals surface area contributed by atoms with Gasteiger partial charge in [0, 0.05) is 13.5 Å². The SMILES string of the molecule is COC(=O)C1CCCCC1CNC(C)=O. The Hall–Kier alpha value is -1.06. The van der Waals surface area contributed by atoms with Crippen LogP contribution in [0.3, 0.4) is 0 Å². The quantitative estimate of drug-likeness (QED) is 0.714. The van der Waals surface area contributed by atoms with Gasteiger partial charge >= 0.3 is 5.97 Å². The molecule has 0 spiro atoms. The number of esters is 1. The molecule has 0 aromatic rings. The summed E-state index contributed by atoms with van der Waals surface area (Å²) in [5, 5.41) is 2.78. The third-order valence-corrected chi connectivity index (χ3v) is 3.03.